The predicted octanol–water partition coefficient (Wildman–Crippen LogP) is 3.73. The highest BCUT2D eigenvalue weighted by Crippen LogP contribution is 2.36. The maximum Gasteiger partial charge on any atom is 0.291 e. The molecule has 0 radical (unpaired) electrons. The third-order valence-corrected chi connectivity index (χ3v) is 7.01. The van der Waals surface area contributed by atoms with Gasteiger partial charge in [-0.25, -0.2) is 4.39 Å². The topological polar surface area (TPSA) is 67.6 Å². The van der Waals surface area contributed by atoms with E-state index in [1.165, 1.54) is 15.5 Å². The molecule has 2 aromatic heterocycles. The molecule has 6 rings (SSSR count). The molecule has 0 fully saturated rings. The lowest BCUT2D eigenvalue weighted by Gasteiger charge is -2.17. The number of hydrogen-bond donors (Lipinski definition) is 0. The van der Waals surface area contributed by atoms with Gasteiger partial charge in [-0.3, -0.25) is 9.59 Å². The van der Waals surface area contributed by atoms with Crippen molar-refractivity contribution >= 4 is 33.5 Å². The predicted molar refractivity (Wildman–Crippen MR) is 129 cm³/mol. The number of nitrogens with zero attached hydrogens (tertiary/aromatic N) is 4. The van der Waals surface area contributed by atoms with Crippen molar-refractivity contribution in [3.8, 4) is 11.4 Å². The van der Waals surface area contributed by atoms with Crippen LogP contribution in [0.5, 0.6) is 0 Å². The molecule has 3 aromatic carbocycles. The van der Waals surface area contributed by atoms with Gasteiger partial charge in [-0.05, 0) is 24.6 Å². The number of carbonyl (C=O) groups is 1. The van der Waals surface area contributed by atoms with Crippen molar-refractivity contribution in [1.29, 1.82) is 0 Å². The Kier molecular flexibility index (Phi) is 4.63. The van der Waals surface area contributed by atoms with Gasteiger partial charge in [0.05, 0.1) is 17.8 Å². The molecule has 34 heavy (non-hydrogen) atoms. The Morgan fingerprint density at radius 2 is 1.62 bits per heavy atom. The summed E-state index contributed by atoms with van der Waals surface area (Å²) in [6, 6.07) is 21.3. The smallest absolute Gasteiger partial charge is 0.291 e. The molecule has 1 amide bonds. The van der Waals surface area contributed by atoms with Crippen molar-refractivity contribution in [2.75, 3.05) is 4.90 Å². The lowest BCUT2D eigenvalue weighted by molar-refractivity contribution is -0.113. The average molecular weight is 469 g/mol. The van der Waals surface area contributed by atoms with E-state index >= 15 is 0 Å². The molecule has 6 nitrogen and oxygen atoms in total. The van der Waals surface area contributed by atoms with Crippen LogP contribution in [0, 0.1) is 12.7 Å². The molecule has 166 valence electrons. The number of thiazole rings is 1. The molecule has 8 heteroatoms. The molecular weight excluding hydrogens is 451 g/mol. The highest BCUT2D eigenvalue weighted by Gasteiger charge is 2.34. The fourth-order valence-electron chi connectivity index (χ4n) is 4.28. The minimum atomic E-state index is -0.391. The second-order valence-electron chi connectivity index (χ2n) is 8.06. The largest absolute Gasteiger partial charge is 0.303 e. The molecule has 3 heterocycles. The zero-order valence-corrected chi connectivity index (χ0v) is 18.8. The van der Waals surface area contributed by atoms with Gasteiger partial charge in [0.1, 0.15) is 10.3 Å². The fourth-order valence-corrected chi connectivity index (χ4v) is 5.27. The number of carbonyl (C=O) groups excluding carboxylic acids is 1. The maximum absolute atomic E-state index is 14.3. The fraction of sp³-hybridized carbons (Fsp3) is 0.0769. The van der Waals surface area contributed by atoms with Crippen LogP contribution in [0.15, 0.2) is 77.6 Å². The average Bonchev–Trinajstić information content (AvgIpc) is 3.47. The molecule has 0 spiro atoms. The number of halogens is 1. The van der Waals surface area contributed by atoms with Crippen molar-refractivity contribution in [3.05, 3.63) is 110 Å². The normalized spacial score (nSPS) is 14.8. The molecule has 5 aromatic rings. The highest BCUT2D eigenvalue weighted by molar-refractivity contribution is 7.15. The number of anilines is 1. The van der Waals surface area contributed by atoms with Gasteiger partial charge in [-0.15, -0.1) is 5.10 Å². The molecule has 0 bridgehead atoms. The van der Waals surface area contributed by atoms with Gasteiger partial charge in [0.2, 0.25) is 4.96 Å². The van der Waals surface area contributed by atoms with E-state index in [0.29, 0.717) is 33.2 Å². The monoisotopic (exact) mass is 468 g/mol. The van der Waals surface area contributed by atoms with Crippen molar-refractivity contribution < 1.29 is 9.18 Å². The molecular formula is C26H17FN4O2S. The maximum atomic E-state index is 14.3. The third kappa shape index (κ3) is 3.07. The van der Waals surface area contributed by atoms with E-state index in [-0.39, 0.29) is 22.8 Å². The summed E-state index contributed by atoms with van der Waals surface area (Å²) in [4.78, 5) is 33.4. The molecule has 1 aliphatic rings. The van der Waals surface area contributed by atoms with E-state index < -0.39 is 5.56 Å². The Morgan fingerprint density at radius 1 is 0.912 bits per heavy atom. The molecule has 0 N–H and O–H groups in total. The van der Waals surface area contributed by atoms with E-state index in [0.717, 1.165) is 22.5 Å². The van der Waals surface area contributed by atoms with Crippen LogP contribution in [0.4, 0.5) is 10.1 Å². The van der Waals surface area contributed by atoms with Gasteiger partial charge in [-0.2, -0.15) is 9.50 Å². The SMILES string of the molecule is Cc1ccccc1-c1nc2s/c(=C3/C(=O)N(Cc4ccccc4F)c4ccccc43)c(=O)n2n1. The number of amides is 1. The summed E-state index contributed by atoms with van der Waals surface area (Å²) in [7, 11) is 0. The summed E-state index contributed by atoms with van der Waals surface area (Å²) < 4.78 is 15.9. The van der Waals surface area contributed by atoms with Gasteiger partial charge in [0.15, 0.2) is 5.82 Å². The van der Waals surface area contributed by atoms with Crippen molar-refractivity contribution in [2.45, 2.75) is 13.5 Å². The summed E-state index contributed by atoms with van der Waals surface area (Å²) in [5, 5.41) is 4.43. The second kappa shape index (κ2) is 7.71. The lowest BCUT2D eigenvalue weighted by atomic mass is 10.1. The molecule has 1 aliphatic heterocycles. The van der Waals surface area contributed by atoms with Gasteiger partial charge < -0.3 is 4.90 Å². The summed E-state index contributed by atoms with van der Waals surface area (Å²) in [5.41, 5.74) is 3.45. The number of aromatic nitrogens is 3. The Hall–Kier alpha value is -4.17. The summed E-state index contributed by atoms with van der Waals surface area (Å²) in [5.74, 6) is -0.254. The van der Waals surface area contributed by atoms with Crippen LogP contribution in [0.3, 0.4) is 0 Å². The first-order chi connectivity index (χ1) is 16.5. The second-order valence-corrected chi connectivity index (χ2v) is 9.03. The number of fused-ring (bicyclic) bond motifs is 2. The zero-order chi connectivity index (χ0) is 23.4. The number of aryl methyl sites for hydroxylation is 1. The summed E-state index contributed by atoms with van der Waals surface area (Å²) >= 11 is 1.14. The highest BCUT2D eigenvalue weighted by atomic mass is 32.1. The quantitative estimate of drug-likeness (QED) is 0.405. The van der Waals surface area contributed by atoms with E-state index in [1.54, 1.807) is 30.3 Å². The molecule has 0 atom stereocenters. The van der Waals surface area contributed by atoms with Crippen LogP contribution in [0.1, 0.15) is 16.7 Å². The summed E-state index contributed by atoms with van der Waals surface area (Å²) in [6.07, 6.45) is 0. The van der Waals surface area contributed by atoms with E-state index in [9.17, 15) is 14.0 Å². The minimum Gasteiger partial charge on any atom is -0.303 e. The Morgan fingerprint density at radius 3 is 2.38 bits per heavy atom. The molecule has 0 saturated heterocycles. The number of rotatable bonds is 3. The van der Waals surface area contributed by atoms with Gasteiger partial charge in [0, 0.05) is 16.7 Å². The van der Waals surface area contributed by atoms with Crippen LogP contribution in [-0.2, 0) is 11.3 Å². The van der Waals surface area contributed by atoms with E-state index in [1.807, 2.05) is 43.3 Å². The molecule has 0 unspecified atom stereocenters. The number of para-hydroxylation sites is 1. The number of benzene rings is 3. The first-order valence-electron chi connectivity index (χ1n) is 10.7. The summed E-state index contributed by atoms with van der Waals surface area (Å²) in [6.45, 7) is 2.03. The van der Waals surface area contributed by atoms with Crippen LogP contribution >= 0.6 is 11.3 Å². The Bertz CT molecular complexity index is 1720. The van der Waals surface area contributed by atoms with Crippen molar-refractivity contribution in [3.63, 3.8) is 0 Å². The van der Waals surface area contributed by atoms with Gasteiger partial charge in [-0.1, -0.05) is 72.0 Å². The standard InChI is InChI=1S/C26H17FN4O2S/c1-15-8-2-4-10-17(15)23-28-26-31(29-23)25(33)22(34-26)21-18-11-5-7-13-20(18)30(24(21)32)14-16-9-3-6-12-19(16)27/h2-13H,14H2,1H3/b22-21+. The first-order valence-corrected chi connectivity index (χ1v) is 11.5. The van der Waals surface area contributed by atoms with Crippen LogP contribution in [0.25, 0.3) is 21.9 Å². The van der Waals surface area contributed by atoms with Crippen molar-refractivity contribution in [1.82, 2.24) is 14.6 Å². The van der Waals surface area contributed by atoms with E-state index in [4.69, 9.17) is 0 Å². The first kappa shape index (κ1) is 20.4. The van der Waals surface area contributed by atoms with E-state index in [2.05, 4.69) is 10.1 Å². The Labute approximate surface area is 197 Å². The minimum absolute atomic E-state index is 0.0679. The zero-order valence-electron chi connectivity index (χ0n) is 18.0. The molecule has 0 aliphatic carbocycles. The van der Waals surface area contributed by atoms with Crippen molar-refractivity contribution in [2.24, 2.45) is 0 Å². The van der Waals surface area contributed by atoms with Gasteiger partial charge in [0.25, 0.3) is 11.5 Å². The Balaban J connectivity index is 1.51. The third-order valence-electron chi connectivity index (χ3n) is 5.98. The van der Waals surface area contributed by atoms with Crippen LogP contribution in [0.2, 0.25) is 0 Å². The molecule has 0 saturated carbocycles. The van der Waals surface area contributed by atoms with Crippen LogP contribution in [-0.4, -0.2) is 20.5 Å². The van der Waals surface area contributed by atoms with Gasteiger partial charge >= 0.3 is 0 Å². The lowest BCUT2D eigenvalue weighted by Crippen LogP contribution is -2.32. The van der Waals surface area contributed by atoms with Crippen LogP contribution < -0.4 is 15.0 Å². The number of hydrogen-bond acceptors (Lipinski definition) is 5.